The minimum atomic E-state index is 0.983. The zero-order valence-electron chi connectivity index (χ0n) is 6.55. The van der Waals surface area contributed by atoms with Gasteiger partial charge in [0.05, 0.1) is 0 Å². The Morgan fingerprint density at radius 1 is 1.30 bits per heavy atom. The van der Waals surface area contributed by atoms with Crippen LogP contribution in [0.2, 0.25) is 0 Å². The van der Waals surface area contributed by atoms with E-state index >= 15 is 0 Å². The highest BCUT2D eigenvalue weighted by atomic mass is 15.3. The molecule has 1 nitrogen and oxygen atoms in total. The van der Waals surface area contributed by atoms with Crippen LogP contribution in [0.1, 0.15) is 32.1 Å². The van der Waals surface area contributed by atoms with Gasteiger partial charge in [0.1, 0.15) is 0 Å². The lowest BCUT2D eigenvalue weighted by atomic mass is 10.0. The van der Waals surface area contributed by atoms with E-state index < -0.39 is 0 Å². The lowest BCUT2D eigenvalue weighted by Crippen LogP contribution is -2.48. The van der Waals surface area contributed by atoms with E-state index in [1.165, 1.54) is 32.2 Å². The fraction of sp³-hybridized carbons (Fsp3) is 0.889. The molecule has 3 aliphatic rings. The molecule has 10 heavy (non-hydrogen) atoms. The van der Waals surface area contributed by atoms with Crippen molar-refractivity contribution >= 4 is 0 Å². The Morgan fingerprint density at radius 2 is 2.00 bits per heavy atom. The summed E-state index contributed by atoms with van der Waals surface area (Å²) in [5.74, 6) is 0. The van der Waals surface area contributed by atoms with E-state index in [2.05, 4.69) is 11.8 Å². The Hall–Kier alpha value is -0.0400. The maximum atomic E-state index is 3.86. The maximum absolute atomic E-state index is 3.86. The molecule has 2 saturated heterocycles. The highest BCUT2D eigenvalue weighted by Gasteiger charge is 2.43. The van der Waals surface area contributed by atoms with Crippen LogP contribution in [0.3, 0.4) is 0 Å². The summed E-state index contributed by atoms with van der Waals surface area (Å²) in [6.45, 7) is 5.18. The minimum Gasteiger partial charge on any atom is -0.297 e. The quantitative estimate of drug-likeness (QED) is 0.575. The molecule has 0 amide bonds. The Bertz CT molecular complexity index is 108. The number of hydrogen-bond acceptors (Lipinski definition) is 1. The molecule has 0 aromatic carbocycles. The number of unbranched alkanes of at least 4 members (excludes halogenated alkanes) is 1. The average Bonchev–Trinajstić information content (AvgIpc) is 2.46. The topological polar surface area (TPSA) is 3.24 Å². The van der Waals surface area contributed by atoms with Crippen molar-refractivity contribution in [3.63, 3.8) is 0 Å². The van der Waals surface area contributed by atoms with Gasteiger partial charge in [-0.15, -0.1) is 0 Å². The number of nitrogens with zero attached hydrogens (tertiary/aromatic N) is 1. The van der Waals surface area contributed by atoms with Crippen LogP contribution in [-0.2, 0) is 0 Å². The van der Waals surface area contributed by atoms with Gasteiger partial charge in [0.25, 0.3) is 0 Å². The summed E-state index contributed by atoms with van der Waals surface area (Å²) in [6, 6.07) is 1.97. The van der Waals surface area contributed by atoms with E-state index in [-0.39, 0.29) is 0 Å². The second-order valence-corrected chi connectivity index (χ2v) is 3.57. The third-order valence-electron chi connectivity index (χ3n) is 2.98. The Balaban J connectivity index is 1.75. The van der Waals surface area contributed by atoms with E-state index in [1.807, 2.05) is 0 Å². The molecule has 1 heteroatoms. The molecule has 0 aromatic heterocycles. The summed E-state index contributed by atoms with van der Waals surface area (Å²) in [5.41, 5.74) is 0. The molecular weight excluding hydrogens is 122 g/mol. The van der Waals surface area contributed by atoms with Crippen LogP contribution in [0.4, 0.5) is 0 Å². The van der Waals surface area contributed by atoms with Crippen LogP contribution in [0.25, 0.3) is 0 Å². The van der Waals surface area contributed by atoms with E-state index in [4.69, 9.17) is 0 Å². The summed E-state index contributed by atoms with van der Waals surface area (Å²) in [4.78, 5) is 2.67. The molecule has 0 N–H and O–H groups in total. The molecule has 1 aliphatic carbocycles. The fourth-order valence-electron chi connectivity index (χ4n) is 2.36. The van der Waals surface area contributed by atoms with Crippen molar-refractivity contribution in [3.8, 4) is 0 Å². The van der Waals surface area contributed by atoms with Crippen molar-refractivity contribution in [3.05, 3.63) is 6.92 Å². The van der Waals surface area contributed by atoms with Crippen LogP contribution >= 0.6 is 0 Å². The summed E-state index contributed by atoms with van der Waals surface area (Å²) < 4.78 is 0. The summed E-state index contributed by atoms with van der Waals surface area (Å²) in [5, 5.41) is 0. The monoisotopic (exact) mass is 138 g/mol. The maximum Gasteiger partial charge on any atom is 0.0114 e. The van der Waals surface area contributed by atoms with Gasteiger partial charge in [-0.2, -0.15) is 0 Å². The Morgan fingerprint density at radius 3 is 2.50 bits per heavy atom. The molecule has 2 aliphatic heterocycles. The summed E-state index contributed by atoms with van der Waals surface area (Å²) in [7, 11) is 0. The van der Waals surface area contributed by atoms with Gasteiger partial charge >= 0.3 is 0 Å². The summed E-state index contributed by atoms with van der Waals surface area (Å²) in [6.07, 6.45) is 6.85. The van der Waals surface area contributed by atoms with Crippen molar-refractivity contribution in [1.29, 1.82) is 0 Å². The minimum absolute atomic E-state index is 0.983. The van der Waals surface area contributed by atoms with Crippen LogP contribution in [-0.4, -0.2) is 23.5 Å². The highest BCUT2D eigenvalue weighted by molar-refractivity contribution is 4.99. The Kier molecular flexibility index (Phi) is 1.69. The average molecular weight is 138 g/mol. The van der Waals surface area contributed by atoms with Crippen molar-refractivity contribution < 1.29 is 0 Å². The first kappa shape index (κ1) is 6.66. The number of fused-ring (bicyclic) bond motifs is 1. The molecule has 2 unspecified atom stereocenters. The molecule has 0 aromatic rings. The molecule has 2 atom stereocenters. The van der Waals surface area contributed by atoms with Gasteiger partial charge < -0.3 is 0 Å². The zero-order valence-corrected chi connectivity index (χ0v) is 6.55. The van der Waals surface area contributed by atoms with Crippen LogP contribution in [0.15, 0.2) is 0 Å². The molecule has 2 heterocycles. The van der Waals surface area contributed by atoms with E-state index in [9.17, 15) is 0 Å². The predicted octanol–water partition coefficient (Wildman–Crippen LogP) is 1.84. The largest absolute Gasteiger partial charge is 0.297 e. The zero-order chi connectivity index (χ0) is 6.97. The van der Waals surface area contributed by atoms with Gasteiger partial charge in [-0.25, -0.2) is 0 Å². The lowest BCUT2D eigenvalue weighted by Gasteiger charge is -2.40. The van der Waals surface area contributed by atoms with Crippen molar-refractivity contribution in [2.75, 3.05) is 6.54 Å². The molecule has 0 spiro atoms. The number of rotatable bonds is 3. The SMILES string of the molecule is [CH2]CCCN1C2CCC1C2. The lowest BCUT2D eigenvalue weighted by molar-refractivity contribution is 0.0780. The van der Waals surface area contributed by atoms with Crippen molar-refractivity contribution in [1.82, 2.24) is 4.90 Å². The van der Waals surface area contributed by atoms with E-state index in [0.717, 1.165) is 18.5 Å². The normalized spacial score (nSPS) is 38.1. The van der Waals surface area contributed by atoms with Gasteiger partial charge in [-0.05, 0) is 32.2 Å². The Labute approximate surface area is 63.4 Å². The van der Waals surface area contributed by atoms with Gasteiger partial charge in [0, 0.05) is 12.1 Å². The predicted molar refractivity (Wildman–Crippen MR) is 42.7 cm³/mol. The van der Waals surface area contributed by atoms with E-state index in [1.54, 1.807) is 0 Å². The van der Waals surface area contributed by atoms with Gasteiger partial charge in [-0.1, -0.05) is 13.3 Å². The van der Waals surface area contributed by atoms with Gasteiger partial charge in [0.15, 0.2) is 0 Å². The molecule has 3 fully saturated rings. The van der Waals surface area contributed by atoms with E-state index in [0.29, 0.717) is 0 Å². The molecule has 1 radical (unpaired) electrons. The first-order chi connectivity index (χ1) is 4.92. The van der Waals surface area contributed by atoms with Gasteiger partial charge in [0.2, 0.25) is 0 Å². The van der Waals surface area contributed by atoms with Gasteiger partial charge in [-0.3, -0.25) is 4.90 Å². The second-order valence-electron chi connectivity index (χ2n) is 3.57. The standard InChI is InChI=1S/C9H16N/c1-2-3-6-10-8-4-5-9(10)7-8/h8-9H,1-7H2. The molecule has 2 bridgehead atoms. The highest BCUT2D eigenvalue weighted by Crippen LogP contribution is 2.40. The second kappa shape index (κ2) is 2.54. The van der Waals surface area contributed by atoms with Crippen LogP contribution in [0.5, 0.6) is 0 Å². The van der Waals surface area contributed by atoms with Crippen LogP contribution < -0.4 is 0 Å². The van der Waals surface area contributed by atoms with Crippen LogP contribution in [0, 0.1) is 6.92 Å². The third kappa shape index (κ3) is 0.878. The van der Waals surface area contributed by atoms with Crippen molar-refractivity contribution in [2.45, 2.75) is 44.2 Å². The first-order valence-electron chi connectivity index (χ1n) is 4.47. The van der Waals surface area contributed by atoms with Crippen molar-refractivity contribution in [2.24, 2.45) is 0 Å². The molecule has 1 saturated carbocycles. The molecule has 57 valence electrons. The summed E-state index contributed by atoms with van der Waals surface area (Å²) >= 11 is 0. The fourth-order valence-corrected chi connectivity index (χ4v) is 2.36. The smallest absolute Gasteiger partial charge is 0.0114 e. The third-order valence-corrected chi connectivity index (χ3v) is 2.98. The first-order valence-corrected chi connectivity index (χ1v) is 4.47. The number of hydrogen-bond donors (Lipinski definition) is 0. The molecular formula is C9H16N. The molecule has 3 rings (SSSR count).